The van der Waals surface area contributed by atoms with Gasteiger partial charge in [-0.25, -0.2) is 4.79 Å². The van der Waals surface area contributed by atoms with Crippen molar-refractivity contribution in [1.82, 2.24) is 19.3 Å². The normalized spacial score (nSPS) is 11.3. The third-order valence-electron chi connectivity index (χ3n) is 5.09. The lowest BCUT2D eigenvalue weighted by Gasteiger charge is -2.14. The van der Waals surface area contributed by atoms with Gasteiger partial charge in [0.15, 0.2) is 11.5 Å². The zero-order chi connectivity index (χ0) is 22.8. The molecular weight excluding hydrogens is 412 g/mol. The van der Waals surface area contributed by atoms with Crippen LogP contribution in [0.2, 0.25) is 0 Å². The highest BCUT2D eigenvalue weighted by atomic mass is 16.5. The molecule has 0 amide bonds. The number of hydrogen-bond donors (Lipinski definition) is 0. The number of para-hydroxylation sites is 2. The van der Waals surface area contributed by atoms with E-state index >= 15 is 0 Å². The Morgan fingerprint density at radius 3 is 2.50 bits per heavy atom. The van der Waals surface area contributed by atoms with E-state index in [0.29, 0.717) is 40.3 Å². The van der Waals surface area contributed by atoms with Crippen molar-refractivity contribution in [2.45, 2.75) is 26.9 Å². The minimum Gasteiger partial charge on any atom is -0.493 e. The number of aromatic nitrogens is 4. The molecule has 166 valence electrons. The maximum absolute atomic E-state index is 13.2. The smallest absolute Gasteiger partial charge is 0.331 e. The van der Waals surface area contributed by atoms with E-state index < -0.39 is 5.69 Å². The lowest BCUT2D eigenvalue weighted by atomic mass is 10.1. The molecular formula is C23H24N4O5. The summed E-state index contributed by atoms with van der Waals surface area (Å²) < 4.78 is 19.0. The Balaban J connectivity index is 1.80. The van der Waals surface area contributed by atoms with Gasteiger partial charge in [-0.3, -0.25) is 13.9 Å². The molecule has 0 aliphatic heterocycles. The highest BCUT2D eigenvalue weighted by Gasteiger charge is 2.19. The number of fused-ring (bicyclic) bond motifs is 1. The van der Waals surface area contributed by atoms with Crippen LogP contribution in [-0.4, -0.2) is 33.5 Å². The minimum atomic E-state index is -0.416. The van der Waals surface area contributed by atoms with Gasteiger partial charge in [0.25, 0.3) is 5.56 Å². The highest BCUT2D eigenvalue weighted by molar-refractivity contribution is 5.78. The maximum atomic E-state index is 13.2. The van der Waals surface area contributed by atoms with Crippen LogP contribution in [0.4, 0.5) is 0 Å². The van der Waals surface area contributed by atoms with Crippen molar-refractivity contribution in [3.63, 3.8) is 0 Å². The van der Waals surface area contributed by atoms with Crippen molar-refractivity contribution < 1.29 is 14.0 Å². The molecule has 9 heteroatoms. The Bertz CT molecular complexity index is 1380. The van der Waals surface area contributed by atoms with Gasteiger partial charge in [-0.2, -0.15) is 4.98 Å². The first-order valence-corrected chi connectivity index (χ1v) is 10.2. The molecule has 4 rings (SSSR count). The molecule has 0 radical (unpaired) electrons. The van der Waals surface area contributed by atoms with Gasteiger partial charge < -0.3 is 14.0 Å². The summed E-state index contributed by atoms with van der Waals surface area (Å²) in [5.74, 6) is 1.69. The lowest BCUT2D eigenvalue weighted by Crippen LogP contribution is -2.41. The Hall–Kier alpha value is -3.88. The van der Waals surface area contributed by atoms with Crippen LogP contribution in [0.5, 0.6) is 11.5 Å². The van der Waals surface area contributed by atoms with Gasteiger partial charge in [0.05, 0.1) is 30.7 Å². The van der Waals surface area contributed by atoms with E-state index in [0.717, 1.165) is 0 Å². The highest BCUT2D eigenvalue weighted by Crippen LogP contribution is 2.36. The van der Waals surface area contributed by atoms with Crippen molar-refractivity contribution in [2.75, 3.05) is 14.2 Å². The number of nitrogens with zero attached hydrogens (tertiary/aromatic N) is 4. The third-order valence-corrected chi connectivity index (χ3v) is 5.09. The molecule has 0 spiro atoms. The molecule has 2 heterocycles. The first-order chi connectivity index (χ1) is 15.4. The monoisotopic (exact) mass is 436 g/mol. The van der Waals surface area contributed by atoms with Crippen LogP contribution >= 0.6 is 0 Å². The van der Waals surface area contributed by atoms with E-state index in [1.807, 2.05) is 13.8 Å². The SMILES string of the molecule is COc1cccc(-c2noc(Cn3c(=O)n(CC(C)C)c(=O)c4ccccc43)n2)c1OC. The molecule has 0 saturated carbocycles. The molecule has 4 aromatic rings. The summed E-state index contributed by atoms with van der Waals surface area (Å²) in [6, 6.07) is 12.4. The predicted octanol–water partition coefficient (Wildman–Crippen LogP) is 2.93. The van der Waals surface area contributed by atoms with E-state index in [-0.39, 0.29) is 23.9 Å². The first kappa shape index (κ1) is 21.4. The van der Waals surface area contributed by atoms with Crippen LogP contribution in [0.15, 0.2) is 56.6 Å². The fourth-order valence-corrected chi connectivity index (χ4v) is 3.68. The number of benzene rings is 2. The van der Waals surface area contributed by atoms with Crippen molar-refractivity contribution >= 4 is 10.9 Å². The second-order valence-corrected chi connectivity index (χ2v) is 7.75. The van der Waals surface area contributed by atoms with Gasteiger partial charge in [0.2, 0.25) is 11.7 Å². The van der Waals surface area contributed by atoms with E-state index in [2.05, 4.69) is 10.1 Å². The summed E-state index contributed by atoms with van der Waals surface area (Å²) in [6.45, 7) is 4.25. The van der Waals surface area contributed by atoms with Crippen molar-refractivity contribution in [3.8, 4) is 22.9 Å². The van der Waals surface area contributed by atoms with Crippen LogP contribution in [0, 0.1) is 5.92 Å². The number of ether oxygens (including phenoxy) is 2. The molecule has 0 saturated heterocycles. The molecule has 0 unspecified atom stereocenters. The number of hydrogen-bond acceptors (Lipinski definition) is 7. The Morgan fingerprint density at radius 2 is 1.78 bits per heavy atom. The molecule has 0 bridgehead atoms. The molecule has 32 heavy (non-hydrogen) atoms. The summed E-state index contributed by atoms with van der Waals surface area (Å²) in [7, 11) is 3.08. The van der Waals surface area contributed by atoms with Crippen molar-refractivity contribution in [2.24, 2.45) is 5.92 Å². The minimum absolute atomic E-state index is 0.0248. The van der Waals surface area contributed by atoms with Gasteiger partial charge >= 0.3 is 5.69 Å². The van der Waals surface area contributed by atoms with Crippen LogP contribution in [0.1, 0.15) is 19.7 Å². The summed E-state index contributed by atoms with van der Waals surface area (Å²) in [5, 5.41) is 4.52. The lowest BCUT2D eigenvalue weighted by molar-refractivity contribution is 0.354. The first-order valence-electron chi connectivity index (χ1n) is 10.2. The van der Waals surface area contributed by atoms with Crippen LogP contribution in [0.25, 0.3) is 22.3 Å². The van der Waals surface area contributed by atoms with E-state index in [1.165, 1.54) is 16.2 Å². The van der Waals surface area contributed by atoms with Crippen LogP contribution in [0.3, 0.4) is 0 Å². The Morgan fingerprint density at radius 1 is 1.00 bits per heavy atom. The molecule has 0 fully saturated rings. The molecule has 9 nitrogen and oxygen atoms in total. The van der Waals surface area contributed by atoms with Gasteiger partial charge in [-0.05, 0) is 30.2 Å². The second-order valence-electron chi connectivity index (χ2n) is 7.75. The molecule has 0 N–H and O–H groups in total. The molecule has 2 aromatic heterocycles. The molecule has 0 aliphatic carbocycles. The van der Waals surface area contributed by atoms with Crippen molar-refractivity contribution in [1.29, 1.82) is 0 Å². The summed E-state index contributed by atoms with van der Waals surface area (Å²) in [6.07, 6.45) is 0. The second kappa shape index (κ2) is 8.70. The number of methoxy groups -OCH3 is 2. The van der Waals surface area contributed by atoms with Gasteiger partial charge in [-0.1, -0.05) is 37.2 Å². The summed E-state index contributed by atoms with van der Waals surface area (Å²) in [5.41, 5.74) is 0.397. The fraction of sp³-hybridized carbons (Fsp3) is 0.304. The average Bonchev–Trinajstić information content (AvgIpc) is 3.27. The van der Waals surface area contributed by atoms with Crippen LogP contribution < -0.4 is 20.7 Å². The molecule has 0 atom stereocenters. The van der Waals surface area contributed by atoms with Gasteiger partial charge in [0.1, 0.15) is 6.54 Å². The van der Waals surface area contributed by atoms with Gasteiger partial charge in [0, 0.05) is 6.54 Å². The fourth-order valence-electron chi connectivity index (χ4n) is 3.68. The summed E-state index contributed by atoms with van der Waals surface area (Å²) in [4.78, 5) is 30.5. The zero-order valence-corrected chi connectivity index (χ0v) is 18.4. The predicted molar refractivity (Wildman–Crippen MR) is 119 cm³/mol. The van der Waals surface area contributed by atoms with E-state index in [9.17, 15) is 9.59 Å². The van der Waals surface area contributed by atoms with E-state index in [1.54, 1.807) is 49.6 Å². The van der Waals surface area contributed by atoms with Gasteiger partial charge in [-0.15, -0.1) is 0 Å². The number of rotatable bonds is 7. The topological polar surface area (TPSA) is 101 Å². The average molecular weight is 436 g/mol. The van der Waals surface area contributed by atoms with E-state index in [4.69, 9.17) is 14.0 Å². The van der Waals surface area contributed by atoms with Crippen molar-refractivity contribution in [3.05, 3.63) is 69.2 Å². The van der Waals surface area contributed by atoms with Crippen LogP contribution in [-0.2, 0) is 13.1 Å². The largest absolute Gasteiger partial charge is 0.493 e. The summed E-state index contributed by atoms with van der Waals surface area (Å²) >= 11 is 0. The molecule has 0 aliphatic rings. The zero-order valence-electron chi connectivity index (χ0n) is 18.4. The Labute approximate surface area is 183 Å². The standard InChI is InChI=1S/C23H24N4O5/c1-14(2)12-27-22(28)15-8-5-6-10-17(15)26(23(27)29)13-19-24-21(25-32-19)16-9-7-11-18(30-3)20(16)31-4/h5-11,14H,12-13H2,1-4H3. The Kier molecular flexibility index (Phi) is 5.81. The molecule has 2 aromatic carbocycles. The maximum Gasteiger partial charge on any atom is 0.331 e. The quantitative estimate of drug-likeness (QED) is 0.439. The third kappa shape index (κ3) is 3.77.